The van der Waals surface area contributed by atoms with Crippen molar-refractivity contribution < 1.29 is 13.2 Å². The summed E-state index contributed by atoms with van der Waals surface area (Å²) in [7, 11) is 0. The highest BCUT2D eigenvalue weighted by molar-refractivity contribution is 7.07. The molecule has 1 unspecified atom stereocenters. The summed E-state index contributed by atoms with van der Waals surface area (Å²) >= 11 is 1.63. The maximum atomic E-state index is 12.6. The summed E-state index contributed by atoms with van der Waals surface area (Å²) in [6, 6.07) is 7.31. The third-order valence-corrected chi connectivity index (χ3v) is 3.87. The predicted octanol–water partition coefficient (Wildman–Crippen LogP) is 4.27. The number of nitrogens with two attached hydrogens (primary N) is 1. The second-order valence-corrected chi connectivity index (χ2v) is 5.61. The number of alkyl halides is 3. The van der Waals surface area contributed by atoms with Gasteiger partial charge < -0.3 is 5.73 Å². The van der Waals surface area contributed by atoms with E-state index in [1.165, 1.54) is 17.7 Å². The van der Waals surface area contributed by atoms with E-state index in [1.54, 1.807) is 17.4 Å². The van der Waals surface area contributed by atoms with Gasteiger partial charge in [-0.1, -0.05) is 18.2 Å². The van der Waals surface area contributed by atoms with Crippen LogP contribution in [0.2, 0.25) is 0 Å². The third-order valence-electron chi connectivity index (χ3n) is 3.14. The van der Waals surface area contributed by atoms with Crippen molar-refractivity contribution in [2.45, 2.75) is 31.5 Å². The molecule has 0 saturated heterocycles. The molecule has 2 N–H and O–H groups in total. The first-order chi connectivity index (χ1) is 9.45. The van der Waals surface area contributed by atoms with Crippen LogP contribution in [0.3, 0.4) is 0 Å². The average Bonchev–Trinajstić information content (AvgIpc) is 2.89. The first-order valence-corrected chi connectivity index (χ1v) is 7.32. The smallest absolute Gasteiger partial charge is 0.327 e. The van der Waals surface area contributed by atoms with Crippen LogP contribution in [0.15, 0.2) is 41.1 Å². The lowest BCUT2D eigenvalue weighted by atomic mass is 9.99. The van der Waals surface area contributed by atoms with Gasteiger partial charge in [0, 0.05) is 6.04 Å². The number of thiophene rings is 1. The normalized spacial score (nSPS) is 13.4. The molecule has 1 atom stereocenters. The van der Waals surface area contributed by atoms with Gasteiger partial charge in [-0.3, -0.25) is 0 Å². The number of benzene rings is 1. The molecule has 0 aliphatic rings. The van der Waals surface area contributed by atoms with Crippen LogP contribution < -0.4 is 5.73 Å². The molecule has 1 aromatic heterocycles. The van der Waals surface area contributed by atoms with E-state index in [0.29, 0.717) is 12.0 Å². The highest BCUT2D eigenvalue weighted by atomic mass is 32.1. The van der Waals surface area contributed by atoms with E-state index in [-0.39, 0.29) is 6.04 Å². The molecule has 108 valence electrons. The van der Waals surface area contributed by atoms with E-state index in [4.69, 9.17) is 5.73 Å². The number of aryl methyl sites for hydroxylation is 1. The Morgan fingerprint density at radius 1 is 1.15 bits per heavy atom. The molecule has 1 aromatic carbocycles. The summed E-state index contributed by atoms with van der Waals surface area (Å²) in [6.07, 6.45) is -2.19. The fraction of sp³-hybridized carbons (Fsp3) is 0.333. The Morgan fingerprint density at radius 2 is 1.95 bits per heavy atom. The van der Waals surface area contributed by atoms with Crippen LogP contribution in [0.4, 0.5) is 13.2 Å². The Balaban J connectivity index is 1.92. The highest BCUT2D eigenvalue weighted by Crippen LogP contribution is 2.29. The first-order valence-electron chi connectivity index (χ1n) is 6.38. The van der Waals surface area contributed by atoms with E-state index >= 15 is 0 Å². The van der Waals surface area contributed by atoms with Gasteiger partial charge in [0.25, 0.3) is 0 Å². The molecule has 5 heteroatoms. The van der Waals surface area contributed by atoms with Crippen molar-refractivity contribution in [1.82, 2.24) is 0 Å². The monoisotopic (exact) mass is 299 g/mol. The largest absolute Gasteiger partial charge is 0.416 e. The van der Waals surface area contributed by atoms with Gasteiger partial charge in [-0.15, -0.1) is 0 Å². The number of rotatable bonds is 5. The van der Waals surface area contributed by atoms with Gasteiger partial charge in [-0.25, -0.2) is 0 Å². The molecule has 0 bridgehead atoms. The highest BCUT2D eigenvalue weighted by Gasteiger charge is 2.30. The van der Waals surface area contributed by atoms with Crippen LogP contribution in [0, 0.1) is 0 Å². The quantitative estimate of drug-likeness (QED) is 0.876. The maximum absolute atomic E-state index is 12.6. The molecule has 2 aromatic rings. The Morgan fingerprint density at radius 3 is 2.60 bits per heavy atom. The molecule has 0 radical (unpaired) electrons. The van der Waals surface area contributed by atoms with Gasteiger partial charge in [0.15, 0.2) is 0 Å². The molecule has 20 heavy (non-hydrogen) atoms. The van der Waals surface area contributed by atoms with E-state index in [0.717, 1.165) is 18.9 Å². The lowest BCUT2D eigenvalue weighted by Gasteiger charge is -2.13. The molecule has 0 fully saturated rings. The predicted molar refractivity (Wildman–Crippen MR) is 75.8 cm³/mol. The van der Waals surface area contributed by atoms with E-state index in [9.17, 15) is 13.2 Å². The lowest BCUT2D eigenvalue weighted by molar-refractivity contribution is -0.137. The summed E-state index contributed by atoms with van der Waals surface area (Å²) in [6.45, 7) is 0. The molecule has 0 aliphatic heterocycles. The van der Waals surface area contributed by atoms with Crippen LogP contribution in [0.1, 0.15) is 23.1 Å². The van der Waals surface area contributed by atoms with Crippen molar-refractivity contribution in [3.05, 3.63) is 57.8 Å². The zero-order valence-electron chi connectivity index (χ0n) is 10.9. The van der Waals surface area contributed by atoms with Crippen molar-refractivity contribution in [1.29, 1.82) is 0 Å². The van der Waals surface area contributed by atoms with Gasteiger partial charge in [0.05, 0.1) is 5.56 Å². The summed E-state index contributed by atoms with van der Waals surface area (Å²) in [5, 5.41) is 4.07. The van der Waals surface area contributed by atoms with Crippen LogP contribution in [0.5, 0.6) is 0 Å². The minimum absolute atomic E-state index is 0.126. The molecule has 0 saturated carbocycles. The summed E-state index contributed by atoms with van der Waals surface area (Å²) < 4.78 is 37.8. The van der Waals surface area contributed by atoms with Crippen molar-refractivity contribution >= 4 is 11.3 Å². The fourth-order valence-electron chi connectivity index (χ4n) is 2.07. The Bertz CT molecular complexity index is 534. The Kier molecular flexibility index (Phi) is 4.83. The standard InChI is InChI=1S/C15H16F3NS/c16-15(17,18)13-3-1-2-12(8-13)9-14(19)5-4-11-6-7-20-10-11/h1-3,6-8,10,14H,4-5,9,19H2. The Labute approximate surface area is 120 Å². The van der Waals surface area contributed by atoms with Crippen LogP contribution in [-0.2, 0) is 19.0 Å². The van der Waals surface area contributed by atoms with Crippen molar-refractivity contribution in [3.63, 3.8) is 0 Å². The maximum Gasteiger partial charge on any atom is 0.416 e. The van der Waals surface area contributed by atoms with Crippen molar-refractivity contribution in [3.8, 4) is 0 Å². The molecular formula is C15H16F3NS. The average molecular weight is 299 g/mol. The van der Waals surface area contributed by atoms with Crippen LogP contribution >= 0.6 is 11.3 Å². The third kappa shape index (κ3) is 4.35. The summed E-state index contributed by atoms with van der Waals surface area (Å²) in [4.78, 5) is 0. The van der Waals surface area contributed by atoms with E-state index in [2.05, 4.69) is 5.38 Å². The molecule has 0 spiro atoms. The fourth-order valence-corrected chi connectivity index (χ4v) is 2.77. The van der Waals surface area contributed by atoms with Crippen molar-refractivity contribution in [2.24, 2.45) is 5.73 Å². The molecular weight excluding hydrogens is 283 g/mol. The molecule has 2 rings (SSSR count). The topological polar surface area (TPSA) is 26.0 Å². The van der Waals surface area contributed by atoms with Gasteiger partial charge in [-0.2, -0.15) is 24.5 Å². The minimum Gasteiger partial charge on any atom is -0.327 e. The van der Waals surface area contributed by atoms with Crippen molar-refractivity contribution in [2.75, 3.05) is 0 Å². The number of halogens is 3. The lowest BCUT2D eigenvalue weighted by Crippen LogP contribution is -2.23. The van der Waals surface area contributed by atoms with Gasteiger partial charge in [-0.05, 0) is 53.3 Å². The van der Waals surface area contributed by atoms with E-state index < -0.39 is 11.7 Å². The first kappa shape index (κ1) is 15.1. The van der Waals surface area contributed by atoms with Gasteiger partial charge in [0.2, 0.25) is 0 Å². The summed E-state index contributed by atoms with van der Waals surface area (Å²) in [5.41, 5.74) is 7.26. The number of hydrogen-bond donors (Lipinski definition) is 1. The molecule has 0 amide bonds. The Hall–Kier alpha value is -1.33. The van der Waals surface area contributed by atoms with Gasteiger partial charge in [0.1, 0.15) is 0 Å². The van der Waals surface area contributed by atoms with Gasteiger partial charge >= 0.3 is 6.18 Å². The van der Waals surface area contributed by atoms with Crippen LogP contribution in [-0.4, -0.2) is 6.04 Å². The zero-order chi connectivity index (χ0) is 14.6. The second kappa shape index (κ2) is 6.41. The molecule has 1 nitrogen and oxygen atoms in total. The SMILES string of the molecule is NC(CCc1ccsc1)Cc1cccc(C(F)(F)F)c1. The number of hydrogen-bond acceptors (Lipinski definition) is 2. The van der Waals surface area contributed by atoms with E-state index in [1.807, 2.05) is 11.4 Å². The molecule has 0 aliphatic carbocycles. The molecule has 1 heterocycles. The summed E-state index contributed by atoms with van der Waals surface area (Å²) in [5.74, 6) is 0. The second-order valence-electron chi connectivity index (χ2n) is 4.83. The minimum atomic E-state index is -4.29. The van der Waals surface area contributed by atoms with Crippen LogP contribution in [0.25, 0.3) is 0 Å². The zero-order valence-corrected chi connectivity index (χ0v) is 11.7.